The Hall–Kier alpha value is -3.88. The highest BCUT2D eigenvalue weighted by atomic mass is 19.4. The molecule has 0 aliphatic heterocycles. The molecule has 9 heteroatoms. The number of aromatic nitrogens is 3. The van der Waals surface area contributed by atoms with Gasteiger partial charge in [-0.25, -0.2) is 4.98 Å². The number of benzene rings is 1. The molecule has 1 aromatic carbocycles. The third-order valence-corrected chi connectivity index (χ3v) is 5.34. The fourth-order valence-electron chi connectivity index (χ4n) is 3.68. The van der Waals surface area contributed by atoms with Crippen molar-refractivity contribution in [2.45, 2.75) is 19.5 Å². The van der Waals surface area contributed by atoms with Crippen molar-refractivity contribution in [2.75, 3.05) is 18.9 Å². The van der Waals surface area contributed by atoms with Gasteiger partial charge in [-0.2, -0.15) is 13.2 Å². The van der Waals surface area contributed by atoms with E-state index in [4.69, 9.17) is 0 Å². The minimum atomic E-state index is -4.25. The van der Waals surface area contributed by atoms with Crippen LogP contribution in [0, 0.1) is 6.92 Å². The summed E-state index contributed by atoms with van der Waals surface area (Å²) in [5.74, 6) is -0.173. The molecule has 3 heterocycles. The molecule has 3 aromatic heterocycles. The van der Waals surface area contributed by atoms with Gasteiger partial charge in [0.05, 0.1) is 24.0 Å². The fraction of sp³-hybridized carbons (Fsp3) is 0.208. The lowest BCUT2D eigenvalue weighted by Crippen LogP contribution is -2.18. The Bertz CT molecular complexity index is 1300. The number of anilines is 1. The molecule has 2 N–H and O–H groups in total. The summed E-state index contributed by atoms with van der Waals surface area (Å²) in [7, 11) is 1.58. The molecule has 0 saturated heterocycles. The highest BCUT2D eigenvalue weighted by Crippen LogP contribution is 2.31. The third kappa shape index (κ3) is 4.82. The maximum Gasteiger partial charge on any atom is 0.390 e. The molecule has 0 atom stereocenters. The van der Waals surface area contributed by atoms with Crippen molar-refractivity contribution in [3.8, 4) is 22.4 Å². The number of hydrogen-bond acceptors (Lipinski definition) is 4. The first-order chi connectivity index (χ1) is 15.8. The summed E-state index contributed by atoms with van der Waals surface area (Å²) in [6.07, 6.45) is 1.68. The van der Waals surface area contributed by atoms with E-state index in [1.807, 2.05) is 41.8 Å². The van der Waals surface area contributed by atoms with Gasteiger partial charge in [0.2, 0.25) is 0 Å². The van der Waals surface area contributed by atoms with Gasteiger partial charge >= 0.3 is 6.18 Å². The van der Waals surface area contributed by atoms with Gasteiger partial charge < -0.3 is 10.6 Å². The first kappa shape index (κ1) is 22.3. The largest absolute Gasteiger partial charge is 0.390 e. The molecule has 0 aliphatic carbocycles. The molecule has 4 rings (SSSR count). The van der Waals surface area contributed by atoms with Gasteiger partial charge in [-0.15, -0.1) is 0 Å². The molecule has 0 radical (unpaired) electrons. The lowest BCUT2D eigenvalue weighted by molar-refractivity contribution is -0.131. The van der Waals surface area contributed by atoms with Crippen LogP contribution in [-0.4, -0.2) is 40.0 Å². The molecule has 33 heavy (non-hydrogen) atoms. The van der Waals surface area contributed by atoms with Crippen molar-refractivity contribution in [3.63, 3.8) is 0 Å². The Morgan fingerprint density at radius 3 is 2.48 bits per heavy atom. The molecular formula is C24H22F3N5O. The number of pyridine rings is 2. The van der Waals surface area contributed by atoms with Crippen molar-refractivity contribution in [3.05, 3.63) is 72.3 Å². The predicted molar refractivity (Wildman–Crippen MR) is 121 cm³/mol. The zero-order valence-corrected chi connectivity index (χ0v) is 18.1. The summed E-state index contributed by atoms with van der Waals surface area (Å²) >= 11 is 0. The Morgan fingerprint density at radius 1 is 1.06 bits per heavy atom. The van der Waals surface area contributed by atoms with E-state index >= 15 is 0 Å². The SMILES string of the molecule is CNC(=O)c1ccc(-c2cnc3c(NCCC(F)(F)F)cc(-c4ccncc4)cn23)cc1C. The van der Waals surface area contributed by atoms with E-state index in [9.17, 15) is 18.0 Å². The maximum atomic E-state index is 12.7. The molecule has 0 spiro atoms. The van der Waals surface area contributed by atoms with Crippen LogP contribution >= 0.6 is 0 Å². The first-order valence-electron chi connectivity index (χ1n) is 10.3. The topological polar surface area (TPSA) is 71.3 Å². The summed E-state index contributed by atoms with van der Waals surface area (Å²) < 4.78 is 39.9. The number of alkyl halides is 3. The number of hydrogen-bond donors (Lipinski definition) is 2. The summed E-state index contributed by atoms with van der Waals surface area (Å²) in [6, 6.07) is 10.9. The number of halogens is 3. The van der Waals surface area contributed by atoms with Crippen molar-refractivity contribution in [1.29, 1.82) is 0 Å². The number of carbonyl (C=O) groups excluding carboxylic acids is 1. The van der Waals surface area contributed by atoms with Crippen LogP contribution in [0.15, 0.2) is 61.2 Å². The molecular weight excluding hydrogens is 431 g/mol. The molecule has 0 unspecified atom stereocenters. The average molecular weight is 453 g/mol. The second kappa shape index (κ2) is 8.93. The molecule has 0 aliphatic rings. The highest BCUT2D eigenvalue weighted by molar-refractivity contribution is 5.96. The van der Waals surface area contributed by atoms with Gasteiger partial charge in [0.15, 0.2) is 5.65 Å². The zero-order chi connectivity index (χ0) is 23.6. The number of nitrogens with one attached hydrogen (secondary N) is 2. The Morgan fingerprint density at radius 2 is 1.82 bits per heavy atom. The van der Waals surface area contributed by atoms with E-state index in [1.54, 1.807) is 37.8 Å². The van der Waals surface area contributed by atoms with Crippen LogP contribution in [0.5, 0.6) is 0 Å². The number of carbonyl (C=O) groups is 1. The van der Waals surface area contributed by atoms with E-state index in [-0.39, 0.29) is 12.5 Å². The van der Waals surface area contributed by atoms with Crippen LogP contribution in [0.3, 0.4) is 0 Å². The molecule has 0 bridgehead atoms. The van der Waals surface area contributed by atoms with Gasteiger partial charge in [0.1, 0.15) is 0 Å². The summed E-state index contributed by atoms with van der Waals surface area (Å²) in [4.78, 5) is 20.5. The van der Waals surface area contributed by atoms with Crippen LogP contribution in [0.1, 0.15) is 22.3 Å². The minimum Gasteiger partial charge on any atom is -0.382 e. The Kier molecular flexibility index (Phi) is 6.04. The lowest BCUT2D eigenvalue weighted by Gasteiger charge is -2.13. The number of rotatable bonds is 6. The van der Waals surface area contributed by atoms with Crippen LogP contribution in [0.4, 0.5) is 18.9 Å². The molecule has 0 fully saturated rings. The molecule has 1 amide bonds. The van der Waals surface area contributed by atoms with E-state index in [1.165, 1.54) is 0 Å². The molecule has 6 nitrogen and oxygen atoms in total. The van der Waals surface area contributed by atoms with Crippen molar-refractivity contribution in [1.82, 2.24) is 19.7 Å². The predicted octanol–water partition coefficient (Wildman–Crippen LogP) is 5.10. The smallest absolute Gasteiger partial charge is 0.382 e. The van der Waals surface area contributed by atoms with Crippen LogP contribution in [0.25, 0.3) is 28.0 Å². The lowest BCUT2D eigenvalue weighted by atomic mass is 10.0. The van der Waals surface area contributed by atoms with Crippen molar-refractivity contribution < 1.29 is 18.0 Å². The highest BCUT2D eigenvalue weighted by Gasteiger charge is 2.26. The number of fused-ring (bicyclic) bond motifs is 1. The third-order valence-electron chi connectivity index (χ3n) is 5.34. The van der Waals surface area contributed by atoms with Gasteiger partial charge in [-0.3, -0.25) is 14.2 Å². The first-order valence-corrected chi connectivity index (χ1v) is 10.3. The normalized spacial score (nSPS) is 11.5. The van der Waals surface area contributed by atoms with Gasteiger partial charge in [0.25, 0.3) is 5.91 Å². The minimum absolute atomic E-state index is 0.173. The summed E-state index contributed by atoms with van der Waals surface area (Å²) in [6.45, 7) is 1.59. The second-order valence-corrected chi connectivity index (χ2v) is 7.62. The summed E-state index contributed by atoms with van der Waals surface area (Å²) in [5.41, 5.74) is 5.65. The van der Waals surface area contributed by atoms with Crippen LogP contribution < -0.4 is 10.6 Å². The standard InChI is InChI=1S/C24H22F3N5O/c1-15-11-17(3-4-19(15)23(33)28-2)21-13-31-22-20(30-10-7-24(25,26)27)12-18(14-32(21)22)16-5-8-29-9-6-16/h3-6,8-9,11-14,30H,7,10H2,1-2H3,(H,28,33). The Labute approximate surface area is 188 Å². The fourth-order valence-corrected chi connectivity index (χ4v) is 3.68. The van der Waals surface area contributed by atoms with Crippen molar-refractivity contribution in [2.24, 2.45) is 0 Å². The second-order valence-electron chi connectivity index (χ2n) is 7.62. The molecule has 170 valence electrons. The monoisotopic (exact) mass is 453 g/mol. The molecule has 4 aromatic rings. The van der Waals surface area contributed by atoms with Gasteiger partial charge in [-0.1, -0.05) is 6.07 Å². The van der Waals surface area contributed by atoms with Crippen molar-refractivity contribution >= 4 is 17.2 Å². The quantitative estimate of drug-likeness (QED) is 0.426. The number of nitrogens with zero attached hydrogens (tertiary/aromatic N) is 3. The van der Waals surface area contributed by atoms with E-state index in [0.717, 1.165) is 27.9 Å². The van der Waals surface area contributed by atoms with Crippen LogP contribution in [0.2, 0.25) is 0 Å². The molecule has 0 saturated carbocycles. The number of imidazole rings is 1. The number of amides is 1. The van der Waals surface area contributed by atoms with Crippen LogP contribution in [-0.2, 0) is 0 Å². The van der Waals surface area contributed by atoms with E-state index in [0.29, 0.717) is 16.9 Å². The maximum absolute atomic E-state index is 12.7. The number of aryl methyl sites for hydroxylation is 1. The average Bonchev–Trinajstić information content (AvgIpc) is 3.22. The zero-order valence-electron chi connectivity index (χ0n) is 18.1. The summed E-state index contributed by atoms with van der Waals surface area (Å²) in [5, 5.41) is 5.51. The van der Waals surface area contributed by atoms with E-state index in [2.05, 4.69) is 20.6 Å². The van der Waals surface area contributed by atoms with Gasteiger partial charge in [-0.05, 0) is 48.4 Å². The Balaban J connectivity index is 1.81. The van der Waals surface area contributed by atoms with Gasteiger partial charge in [0, 0.05) is 48.9 Å². The van der Waals surface area contributed by atoms with E-state index < -0.39 is 12.6 Å².